The molecule has 1 unspecified atom stereocenters. The minimum Gasteiger partial charge on any atom is -0.481 e. The van der Waals surface area contributed by atoms with Gasteiger partial charge >= 0.3 is 5.97 Å². The van der Waals surface area contributed by atoms with E-state index in [4.69, 9.17) is 5.11 Å². The second kappa shape index (κ2) is 29.7. The molecule has 0 saturated heterocycles. The van der Waals surface area contributed by atoms with E-state index < -0.39 is 5.97 Å². The lowest BCUT2D eigenvalue weighted by molar-refractivity contribution is -0.137. The summed E-state index contributed by atoms with van der Waals surface area (Å²) in [4.78, 5) is 10.5. The van der Waals surface area contributed by atoms with Gasteiger partial charge in [-0.1, -0.05) is 167 Å². The van der Waals surface area contributed by atoms with Crippen LogP contribution in [0.25, 0.3) is 0 Å². The summed E-state index contributed by atoms with van der Waals surface area (Å²) in [5, 5.41) is 18.8. The van der Waals surface area contributed by atoms with Crippen LogP contribution in [0.5, 0.6) is 0 Å². The van der Waals surface area contributed by atoms with E-state index in [0.717, 1.165) is 25.7 Å². The second-order valence-corrected chi connectivity index (χ2v) is 11.2. The van der Waals surface area contributed by atoms with E-state index in [1.54, 1.807) is 0 Å². The van der Waals surface area contributed by atoms with E-state index in [0.29, 0.717) is 6.42 Å². The second-order valence-electron chi connectivity index (χ2n) is 11.2. The molecule has 0 aromatic rings. The molecule has 0 aliphatic heterocycles. The van der Waals surface area contributed by atoms with Crippen molar-refractivity contribution in [1.82, 2.24) is 0 Å². The zero-order valence-electron chi connectivity index (χ0n) is 23.9. The quantitative estimate of drug-likeness (QED) is 0.0972. The van der Waals surface area contributed by atoms with Gasteiger partial charge in [-0.05, 0) is 19.3 Å². The van der Waals surface area contributed by atoms with Crippen LogP contribution in [-0.4, -0.2) is 22.3 Å². The molecule has 0 fully saturated rings. The molecule has 0 amide bonds. The average molecular weight is 497 g/mol. The zero-order chi connectivity index (χ0) is 25.7. The van der Waals surface area contributed by atoms with Crippen LogP contribution in [0.15, 0.2) is 0 Å². The zero-order valence-corrected chi connectivity index (χ0v) is 23.9. The van der Waals surface area contributed by atoms with Crippen LogP contribution in [0.4, 0.5) is 0 Å². The Morgan fingerprint density at radius 2 is 0.714 bits per heavy atom. The van der Waals surface area contributed by atoms with Gasteiger partial charge in [-0.2, -0.15) is 0 Å². The molecule has 3 nitrogen and oxygen atoms in total. The molecular weight excluding hydrogens is 432 g/mol. The summed E-state index contributed by atoms with van der Waals surface area (Å²) in [6.45, 7) is 2.29. The first-order valence-corrected chi connectivity index (χ1v) is 16.1. The van der Waals surface area contributed by atoms with Crippen molar-refractivity contribution in [3.63, 3.8) is 0 Å². The number of hydrogen-bond donors (Lipinski definition) is 2. The Morgan fingerprint density at radius 1 is 0.457 bits per heavy atom. The van der Waals surface area contributed by atoms with E-state index in [2.05, 4.69) is 6.92 Å². The van der Waals surface area contributed by atoms with Crippen molar-refractivity contribution in [3.05, 3.63) is 0 Å². The van der Waals surface area contributed by atoms with Crippen molar-refractivity contribution >= 4 is 5.97 Å². The molecule has 0 heterocycles. The standard InChI is InChI=1S/C32H64O3/c1-2-3-4-5-6-7-8-10-13-16-19-22-25-28-31(33)29-26-23-20-17-14-11-9-12-15-18-21-24-27-30-32(34)35/h31,33H,2-30H2,1H3,(H,34,35). The highest BCUT2D eigenvalue weighted by atomic mass is 16.4. The normalized spacial score (nSPS) is 12.3. The summed E-state index contributed by atoms with van der Waals surface area (Å²) in [7, 11) is 0. The first kappa shape index (κ1) is 34.4. The molecule has 0 radical (unpaired) electrons. The molecule has 0 aliphatic carbocycles. The molecule has 0 bridgehead atoms. The van der Waals surface area contributed by atoms with Gasteiger partial charge in [0.2, 0.25) is 0 Å². The summed E-state index contributed by atoms with van der Waals surface area (Å²) >= 11 is 0. The Hall–Kier alpha value is -0.570. The van der Waals surface area contributed by atoms with Crippen LogP contribution < -0.4 is 0 Å². The third-order valence-corrected chi connectivity index (χ3v) is 7.57. The van der Waals surface area contributed by atoms with Crippen LogP contribution in [0.2, 0.25) is 0 Å². The predicted molar refractivity (Wildman–Crippen MR) is 153 cm³/mol. The third-order valence-electron chi connectivity index (χ3n) is 7.57. The summed E-state index contributed by atoms with van der Waals surface area (Å²) in [5.41, 5.74) is 0. The molecule has 0 aromatic heterocycles. The van der Waals surface area contributed by atoms with E-state index in [-0.39, 0.29) is 6.10 Å². The van der Waals surface area contributed by atoms with E-state index in [1.807, 2.05) is 0 Å². The Balaban J connectivity index is 3.15. The monoisotopic (exact) mass is 496 g/mol. The molecule has 2 N–H and O–H groups in total. The van der Waals surface area contributed by atoms with Crippen molar-refractivity contribution in [2.45, 2.75) is 199 Å². The number of aliphatic hydroxyl groups excluding tert-OH is 1. The maximum absolute atomic E-state index is 10.5. The van der Waals surface area contributed by atoms with Gasteiger partial charge in [0.05, 0.1) is 6.10 Å². The Labute approximate surface area is 220 Å². The maximum atomic E-state index is 10.5. The fourth-order valence-electron chi connectivity index (χ4n) is 5.14. The van der Waals surface area contributed by atoms with E-state index >= 15 is 0 Å². The number of carbonyl (C=O) groups is 1. The van der Waals surface area contributed by atoms with Crippen molar-refractivity contribution in [3.8, 4) is 0 Å². The SMILES string of the molecule is CCCCCCCCCCCCCCCC(O)CCCCCCCCCCCCCCCC(=O)O. The lowest BCUT2D eigenvalue weighted by Gasteiger charge is -2.10. The topological polar surface area (TPSA) is 57.5 Å². The summed E-state index contributed by atoms with van der Waals surface area (Å²) in [5.74, 6) is -0.661. The van der Waals surface area contributed by atoms with Crippen molar-refractivity contribution in [2.75, 3.05) is 0 Å². The van der Waals surface area contributed by atoms with Gasteiger partial charge in [-0.15, -0.1) is 0 Å². The van der Waals surface area contributed by atoms with Gasteiger partial charge in [-0.25, -0.2) is 0 Å². The minimum absolute atomic E-state index is 0.0631. The number of hydrogen-bond acceptors (Lipinski definition) is 2. The largest absolute Gasteiger partial charge is 0.481 e. The van der Waals surface area contributed by atoms with Crippen LogP contribution in [-0.2, 0) is 4.79 Å². The summed E-state index contributed by atoms with van der Waals surface area (Å²) in [6.07, 6.45) is 36.6. The average Bonchev–Trinajstić information content (AvgIpc) is 2.84. The van der Waals surface area contributed by atoms with Crippen molar-refractivity contribution < 1.29 is 15.0 Å². The van der Waals surface area contributed by atoms with Gasteiger partial charge in [0.1, 0.15) is 0 Å². The molecule has 0 rings (SSSR count). The molecule has 0 saturated carbocycles. The number of unbranched alkanes of at least 4 members (excludes halogenated alkanes) is 24. The lowest BCUT2D eigenvalue weighted by atomic mass is 10.0. The Bertz CT molecular complexity index is 410. The third kappa shape index (κ3) is 31.4. The van der Waals surface area contributed by atoms with Crippen LogP contribution in [0.1, 0.15) is 193 Å². The lowest BCUT2D eigenvalue weighted by Crippen LogP contribution is -2.05. The highest BCUT2D eigenvalue weighted by Gasteiger charge is 2.04. The van der Waals surface area contributed by atoms with Crippen LogP contribution >= 0.6 is 0 Å². The molecule has 1 atom stereocenters. The van der Waals surface area contributed by atoms with Gasteiger partial charge in [0.25, 0.3) is 0 Å². The Kier molecular flexibility index (Phi) is 29.2. The number of aliphatic carboxylic acids is 1. The van der Waals surface area contributed by atoms with Crippen LogP contribution in [0, 0.1) is 0 Å². The number of carboxylic acid groups (broad SMARTS) is 1. The molecule has 0 spiro atoms. The summed E-state index contributed by atoms with van der Waals surface area (Å²) in [6, 6.07) is 0. The summed E-state index contributed by atoms with van der Waals surface area (Å²) < 4.78 is 0. The number of carboxylic acids is 1. The highest BCUT2D eigenvalue weighted by Crippen LogP contribution is 2.16. The highest BCUT2D eigenvalue weighted by molar-refractivity contribution is 5.66. The molecule has 0 aromatic carbocycles. The van der Waals surface area contributed by atoms with Gasteiger partial charge in [-0.3, -0.25) is 4.79 Å². The Morgan fingerprint density at radius 3 is 1.00 bits per heavy atom. The van der Waals surface area contributed by atoms with Crippen molar-refractivity contribution in [2.24, 2.45) is 0 Å². The maximum Gasteiger partial charge on any atom is 0.303 e. The van der Waals surface area contributed by atoms with E-state index in [9.17, 15) is 9.90 Å². The first-order valence-electron chi connectivity index (χ1n) is 16.1. The van der Waals surface area contributed by atoms with Gasteiger partial charge < -0.3 is 10.2 Å². The van der Waals surface area contributed by atoms with E-state index in [1.165, 1.54) is 154 Å². The van der Waals surface area contributed by atoms with Gasteiger partial charge in [0, 0.05) is 6.42 Å². The fourth-order valence-corrected chi connectivity index (χ4v) is 5.14. The molecule has 0 aliphatic rings. The van der Waals surface area contributed by atoms with Gasteiger partial charge in [0.15, 0.2) is 0 Å². The minimum atomic E-state index is -0.661. The fraction of sp³-hybridized carbons (Fsp3) is 0.969. The number of rotatable bonds is 30. The predicted octanol–water partition coefficient (Wildman–Crippen LogP) is 10.8. The number of aliphatic hydroxyl groups is 1. The molecular formula is C32H64O3. The first-order chi connectivity index (χ1) is 17.2. The molecule has 35 heavy (non-hydrogen) atoms. The van der Waals surface area contributed by atoms with Crippen molar-refractivity contribution in [1.29, 1.82) is 0 Å². The smallest absolute Gasteiger partial charge is 0.303 e. The van der Waals surface area contributed by atoms with Crippen LogP contribution in [0.3, 0.4) is 0 Å². The molecule has 210 valence electrons. The molecule has 3 heteroatoms.